The molecule has 2 atom stereocenters. The van der Waals surface area contributed by atoms with Crippen LogP contribution in [0.1, 0.15) is 17.3 Å². The monoisotopic (exact) mass is 284 g/mol. The smallest absolute Gasteiger partial charge is 0.254 e. The summed E-state index contributed by atoms with van der Waals surface area (Å²) in [5, 5.41) is 2.23. The molecule has 1 saturated heterocycles. The third-order valence-corrected chi connectivity index (χ3v) is 3.96. The molecule has 2 unspecified atom stereocenters. The molecule has 0 spiro atoms. The van der Waals surface area contributed by atoms with E-state index in [4.69, 9.17) is 10.5 Å². The molecule has 21 heavy (non-hydrogen) atoms. The minimum Gasteiger partial charge on any atom is -0.373 e. The number of carbonyl (C=O) groups is 1. The van der Waals surface area contributed by atoms with E-state index in [-0.39, 0.29) is 18.1 Å². The van der Waals surface area contributed by atoms with Crippen molar-refractivity contribution < 1.29 is 9.53 Å². The van der Waals surface area contributed by atoms with E-state index < -0.39 is 0 Å². The van der Waals surface area contributed by atoms with E-state index in [0.29, 0.717) is 19.7 Å². The van der Waals surface area contributed by atoms with Crippen LogP contribution in [0.5, 0.6) is 0 Å². The maximum Gasteiger partial charge on any atom is 0.254 e. The Morgan fingerprint density at radius 1 is 1.29 bits per heavy atom. The second-order valence-electron chi connectivity index (χ2n) is 5.58. The zero-order chi connectivity index (χ0) is 14.8. The Morgan fingerprint density at radius 2 is 2.05 bits per heavy atom. The van der Waals surface area contributed by atoms with Crippen LogP contribution in [0.2, 0.25) is 0 Å². The van der Waals surface area contributed by atoms with Gasteiger partial charge in [0.25, 0.3) is 5.91 Å². The fourth-order valence-electron chi connectivity index (χ4n) is 2.68. The van der Waals surface area contributed by atoms with Gasteiger partial charge in [0.05, 0.1) is 12.7 Å². The minimum atomic E-state index is -0.0804. The Labute approximate surface area is 124 Å². The van der Waals surface area contributed by atoms with Gasteiger partial charge in [-0.05, 0) is 29.8 Å². The molecular formula is C17H20N2O2. The van der Waals surface area contributed by atoms with Crippen LogP contribution >= 0.6 is 0 Å². The first-order valence-corrected chi connectivity index (χ1v) is 7.30. The van der Waals surface area contributed by atoms with Gasteiger partial charge in [-0.15, -0.1) is 0 Å². The molecule has 0 saturated carbocycles. The Hall–Kier alpha value is -1.91. The van der Waals surface area contributed by atoms with E-state index in [1.165, 1.54) is 0 Å². The molecule has 1 heterocycles. The molecule has 0 radical (unpaired) electrons. The number of carbonyl (C=O) groups excluding carboxylic acids is 1. The maximum absolute atomic E-state index is 12.6. The molecule has 1 aliphatic heterocycles. The average molecular weight is 284 g/mol. The molecule has 0 bridgehead atoms. The summed E-state index contributed by atoms with van der Waals surface area (Å²) in [6, 6.07) is 13.8. The topological polar surface area (TPSA) is 55.6 Å². The van der Waals surface area contributed by atoms with Crippen molar-refractivity contribution in [1.29, 1.82) is 0 Å². The van der Waals surface area contributed by atoms with Gasteiger partial charge >= 0.3 is 0 Å². The predicted octanol–water partition coefficient (Wildman–Crippen LogP) is 2.03. The van der Waals surface area contributed by atoms with Crippen molar-refractivity contribution in [3.8, 4) is 0 Å². The number of hydrogen-bond donors (Lipinski definition) is 1. The molecule has 0 aromatic heterocycles. The van der Waals surface area contributed by atoms with Crippen LogP contribution in [-0.2, 0) is 4.74 Å². The van der Waals surface area contributed by atoms with Crippen molar-refractivity contribution in [1.82, 2.24) is 4.90 Å². The van der Waals surface area contributed by atoms with Crippen LogP contribution < -0.4 is 5.73 Å². The van der Waals surface area contributed by atoms with Gasteiger partial charge in [-0.25, -0.2) is 0 Å². The van der Waals surface area contributed by atoms with Gasteiger partial charge in [-0.3, -0.25) is 4.79 Å². The quantitative estimate of drug-likeness (QED) is 0.918. The van der Waals surface area contributed by atoms with Crippen LogP contribution in [0.3, 0.4) is 0 Å². The Morgan fingerprint density at radius 3 is 2.81 bits per heavy atom. The van der Waals surface area contributed by atoms with Crippen molar-refractivity contribution in [3.63, 3.8) is 0 Å². The highest BCUT2D eigenvalue weighted by molar-refractivity contribution is 5.98. The SMILES string of the molecule is CC(N)C1CN(C(=O)c2ccc3ccccc3c2)CCO1. The average Bonchev–Trinajstić information content (AvgIpc) is 2.53. The molecule has 1 amide bonds. The number of benzene rings is 2. The van der Waals surface area contributed by atoms with Gasteiger partial charge in [0, 0.05) is 24.7 Å². The summed E-state index contributed by atoms with van der Waals surface area (Å²) < 4.78 is 5.61. The molecule has 2 aromatic rings. The fraction of sp³-hybridized carbons (Fsp3) is 0.353. The summed E-state index contributed by atoms with van der Waals surface area (Å²) in [6.07, 6.45) is -0.0804. The zero-order valence-electron chi connectivity index (χ0n) is 12.2. The van der Waals surface area contributed by atoms with Gasteiger partial charge in [0.1, 0.15) is 0 Å². The molecule has 1 aliphatic rings. The van der Waals surface area contributed by atoms with E-state index in [0.717, 1.165) is 16.3 Å². The highest BCUT2D eigenvalue weighted by Gasteiger charge is 2.27. The summed E-state index contributed by atoms with van der Waals surface area (Å²) in [5.74, 6) is 0.0507. The molecule has 1 fully saturated rings. The van der Waals surface area contributed by atoms with Gasteiger partial charge in [0.15, 0.2) is 0 Å². The lowest BCUT2D eigenvalue weighted by Gasteiger charge is -2.34. The number of morpholine rings is 1. The van der Waals surface area contributed by atoms with E-state index in [2.05, 4.69) is 0 Å². The highest BCUT2D eigenvalue weighted by atomic mass is 16.5. The second-order valence-corrected chi connectivity index (χ2v) is 5.58. The molecule has 110 valence electrons. The summed E-state index contributed by atoms with van der Waals surface area (Å²) in [6.45, 7) is 3.64. The molecular weight excluding hydrogens is 264 g/mol. The molecule has 4 heteroatoms. The van der Waals surface area contributed by atoms with Crippen molar-refractivity contribution in [3.05, 3.63) is 48.0 Å². The van der Waals surface area contributed by atoms with Crippen molar-refractivity contribution >= 4 is 16.7 Å². The van der Waals surface area contributed by atoms with Crippen LogP contribution in [0.25, 0.3) is 10.8 Å². The number of amides is 1. The second kappa shape index (κ2) is 5.84. The van der Waals surface area contributed by atoms with E-state index in [1.807, 2.05) is 54.3 Å². The molecule has 4 nitrogen and oxygen atoms in total. The predicted molar refractivity (Wildman–Crippen MR) is 83.2 cm³/mol. The largest absolute Gasteiger partial charge is 0.373 e. The summed E-state index contributed by atoms with van der Waals surface area (Å²) >= 11 is 0. The maximum atomic E-state index is 12.6. The van der Waals surface area contributed by atoms with Crippen molar-refractivity contribution in [2.45, 2.75) is 19.1 Å². The summed E-state index contributed by atoms with van der Waals surface area (Å²) in [4.78, 5) is 14.5. The van der Waals surface area contributed by atoms with Gasteiger partial charge < -0.3 is 15.4 Å². The van der Waals surface area contributed by atoms with Crippen LogP contribution in [-0.4, -0.2) is 42.6 Å². The van der Waals surface area contributed by atoms with Crippen LogP contribution in [0, 0.1) is 0 Å². The van der Waals surface area contributed by atoms with Gasteiger partial charge in [0.2, 0.25) is 0 Å². The first-order chi connectivity index (χ1) is 10.1. The number of rotatable bonds is 2. The molecule has 2 N–H and O–H groups in total. The normalized spacial score (nSPS) is 20.5. The van der Waals surface area contributed by atoms with Gasteiger partial charge in [-0.2, -0.15) is 0 Å². The van der Waals surface area contributed by atoms with Crippen molar-refractivity contribution in [2.24, 2.45) is 5.73 Å². The third kappa shape index (κ3) is 2.91. The highest BCUT2D eigenvalue weighted by Crippen LogP contribution is 2.18. The first-order valence-electron chi connectivity index (χ1n) is 7.30. The summed E-state index contributed by atoms with van der Waals surface area (Å²) in [5.41, 5.74) is 6.60. The zero-order valence-corrected chi connectivity index (χ0v) is 12.2. The van der Waals surface area contributed by atoms with Crippen LogP contribution in [0.4, 0.5) is 0 Å². The summed E-state index contributed by atoms with van der Waals surface area (Å²) in [7, 11) is 0. The number of ether oxygens (including phenoxy) is 1. The Balaban J connectivity index is 1.82. The van der Waals surface area contributed by atoms with E-state index in [1.54, 1.807) is 0 Å². The van der Waals surface area contributed by atoms with E-state index >= 15 is 0 Å². The van der Waals surface area contributed by atoms with E-state index in [9.17, 15) is 4.79 Å². The molecule has 0 aliphatic carbocycles. The Bertz CT molecular complexity index is 654. The first kappa shape index (κ1) is 14.0. The molecule has 2 aromatic carbocycles. The lowest BCUT2D eigenvalue weighted by molar-refractivity contribution is -0.0300. The van der Waals surface area contributed by atoms with Crippen LogP contribution in [0.15, 0.2) is 42.5 Å². The lowest BCUT2D eigenvalue weighted by Crippen LogP contribution is -2.51. The third-order valence-electron chi connectivity index (χ3n) is 3.96. The standard InChI is InChI=1S/C17H20N2O2/c1-12(18)16-11-19(8-9-21-16)17(20)15-7-6-13-4-2-3-5-14(13)10-15/h2-7,10,12,16H,8-9,11,18H2,1H3. The number of nitrogens with two attached hydrogens (primary N) is 1. The Kier molecular flexibility index (Phi) is 3.90. The lowest BCUT2D eigenvalue weighted by atomic mass is 10.1. The van der Waals surface area contributed by atoms with Gasteiger partial charge in [-0.1, -0.05) is 30.3 Å². The minimum absolute atomic E-state index is 0.0507. The molecule has 3 rings (SSSR count). The number of nitrogens with zero attached hydrogens (tertiary/aromatic N) is 1. The fourth-order valence-corrected chi connectivity index (χ4v) is 2.68. The van der Waals surface area contributed by atoms with Crippen molar-refractivity contribution in [2.75, 3.05) is 19.7 Å². The number of fused-ring (bicyclic) bond motifs is 1. The number of hydrogen-bond acceptors (Lipinski definition) is 3.